The summed E-state index contributed by atoms with van der Waals surface area (Å²) in [5.74, 6) is -0.330. The van der Waals surface area contributed by atoms with Crippen LogP contribution in [0.4, 0.5) is 0 Å². The van der Waals surface area contributed by atoms with Crippen LogP contribution < -0.4 is 0 Å². The Morgan fingerprint density at radius 1 is 1.00 bits per heavy atom. The molecule has 0 radical (unpaired) electrons. The van der Waals surface area contributed by atoms with Gasteiger partial charge in [-0.3, -0.25) is 4.79 Å². The summed E-state index contributed by atoms with van der Waals surface area (Å²) < 4.78 is 24.6. The molecule has 1 aliphatic rings. The number of cyclic esters (lactones) is 1. The molecule has 1 heterocycles. The van der Waals surface area contributed by atoms with Gasteiger partial charge in [-0.05, 0) is 40.1 Å². The predicted octanol–water partition coefficient (Wildman–Crippen LogP) is 7.15. The van der Waals surface area contributed by atoms with E-state index in [9.17, 15) is 9.59 Å². The van der Waals surface area contributed by atoms with Crippen LogP contribution in [-0.4, -0.2) is 46.2 Å². The highest BCUT2D eigenvalue weighted by Gasteiger charge is 2.50. The number of carbonyl (C=O) groups excluding carboxylic acids is 2. The average Bonchev–Trinajstić information content (AvgIpc) is 3.17. The fourth-order valence-electron chi connectivity index (χ4n) is 5.61. The van der Waals surface area contributed by atoms with E-state index in [-0.39, 0.29) is 24.8 Å². The van der Waals surface area contributed by atoms with Gasteiger partial charge >= 0.3 is 5.97 Å². The van der Waals surface area contributed by atoms with Gasteiger partial charge in [0.1, 0.15) is 13.1 Å². The molecule has 0 unspecified atom stereocenters. The first-order valence-corrected chi connectivity index (χ1v) is 15.9. The minimum Gasteiger partial charge on any atom is -0.450 e. The summed E-state index contributed by atoms with van der Waals surface area (Å²) in [6.07, 6.45) is 7.09. The van der Waals surface area contributed by atoms with Crippen LogP contribution >= 0.6 is 0 Å². The van der Waals surface area contributed by atoms with Gasteiger partial charge in [-0.15, -0.1) is 0 Å². The highest BCUT2D eigenvalue weighted by atomic mass is 28.4. The van der Waals surface area contributed by atoms with Gasteiger partial charge in [0.2, 0.25) is 8.32 Å². The number of aldehydes is 1. The monoisotopic (exact) mass is 544 g/mol. The molecule has 1 saturated heterocycles. The van der Waals surface area contributed by atoms with Crippen molar-refractivity contribution < 1.29 is 28.2 Å². The van der Waals surface area contributed by atoms with E-state index in [0.29, 0.717) is 48.3 Å². The summed E-state index contributed by atoms with van der Waals surface area (Å²) in [5.41, 5.74) is 1.76. The second kappa shape index (κ2) is 14.4. The lowest BCUT2D eigenvalue weighted by molar-refractivity contribution is -0.164. The molecule has 0 amide bonds. The van der Waals surface area contributed by atoms with E-state index in [1.54, 1.807) is 0 Å². The third kappa shape index (κ3) is 8.73. The summed E-state index contributed by atoms with van der Waals surface area (Å²) in [6, 6.07) is 9.93. The normalized spacial score (nSPS) is 19.9. The molecule has 0 N–H and O–H groups in total. The summed E-state index contributed by atoms with van der Waals surface area (Å²) in [5, 5.41) is 0. The van der Waals surface area contributed by atoms with Crippen molar-refractivity contribution >= 4 is 20.6 Å². The molecule has 7 heteroatoms. The SMILES string of the molecule is CC(C)[Si](OC[C@]1(COCOCc2ccccc2)C/C(=C/CC(C)(C)/C=C/C=O)C(=O)O1)(C(C)C)C(C)C. The molecule has 6 nitrogen and oxygen atoms in total. The lowest BCUT2D eigenvalue weighted by Gasteiger charge is -2.44. The lowest BCUT2D eigenvalue weighted by atomic mass is 9.87. The van der Waals surface area contributed by atoms with Crippen LogP contribution in [0.15, 0.2) is 54.1 Å². The zero-order chi connectivity index (χ0) is 28.4. The lowest BCUT2D eigenvalue weighted by Crippen LogP contribution is -2.52. The van der Waals surface area contributed by atoms with Gasteiger partial charge < -0.3 is 18.6 Å². The molecular weight excluding hydrogens is 496 g/mol. The fourth-order valence-corrected chi connectivity index (χ4v) is 11.1. The van der Waals surface area contributed by atoms with Crippen molar-refractivity contribution in [2.75, 3.05) is 20.0 Å². The van der Waals surface area contributed by atoms with E-state index in [1.807, 2.05) is 56.3 Å². The molecule has 212 valence electrons. The van der Waals surface area contributed by atoms with E-state index < -0.39 is 13.9 Å². The topological polar surface area (TPSA) is 71.1 Å². The molecule has 0 saturated carbocycles. The first-order valence-electron chi connectivity index (χ1n) is 13.8. The van der Waals surface area contributed by atoms with Gasteiger partial charge in [-0.25, -0.2) is 4.79 Å². The zero-order valence-corrected chi connectivity index (χ0v) is 25.6. The molecule has 1 fully saturated rings. The van der Waals surface area contributed by atoms with E-state index >= 15 is 0 Å². The van der Waals surface area contributed by atoms with Gasteiger partial charge in [-0.1, -0.05) is 97.9 Å². The van der Waals surface area contributed by atoms with Crippen molar-refractivity contribution in [1.29, 1.82) is 0 Å². The molecule has 1 aromatic carbocycles. The van der Waals surface area contributed by atoms with Crippen LogP contribution in [0.5, 0.6) is 0 Å². The number of allylic oxidation sites excluding steroid dienone is 3. The van der Waals surface area contributed by atoms with Gasteiger partial charge in [0.15, 0.2) is 5.60 Å². The molecule has 1 aromatic rings. The fraction of sp³-hybridized carbons (Fsp3) is 0.613. The summed E-state index contributed by atoms with van der Waals surface area (Å²) in [4.78, 5) is 23.8. The van der Waals surface area contributed by atoms with Crippen molar-refractivity contribution in [1.82, 2.24) is 0 Å². The molecule has 1 atom stereocenters. The highest BCUT2D eigenvalue weighted by molar-refractivity contribution is 6.77. The van der Waals surface area contributed by atoms with Crippen LogP contribution in [-0.2, 0) is 34.8 Å². The second-order valence-corrected chi connectivity index (χ2v) is 17.5. The van der Waals surface area contributed by atoms with Crippen molar-refractivity contribution in [2.45, 2.75) is 97.1 Å². The Bertz CT molecular complexity index is 929. The molecule has 2 rings (SSSR count). The van der Waals surface area contributed by atoms with Gasteiger partial charge in [0.25, 0.3) is 0 Å². The molecule has 0 aliphatic carbocycles. The smallest absolute Gasteiger partial charge is 0.334 e. The summed E-state index contributed by atoms with van der Waals surface area (Å²) >= 11 is 0. The first kappa shape index (κ1) is 32.2. The number of ether oxygens (including phenoxy) is 3. The maximum atomic E-state index is 13.0. The Labute approximate surface area is 230 Å². The standard InChI is InChI=1S/C31H48O6Si/c1-24(2)38(25(3)4,26(5)6)36-22-31(21-35-23-34-20-27-13-10-9-11-14-27)19-28(29(33)37-31)15-17-30(7,8)16-12-18-32/h9-16,18,24-26H,17,19-23H2,1-8H3/b16-12+,28-15-/t31-/m1/s1. The third-order valence-corrected chi connectivity index (χ3v) is 13.6. The second-order valence-electron chi connectivity index (χ2n) is 12.1. The molecule has 1 aliphatic heterocycles. The maximum Gasteiger partial charge on any atom is 0.334 e. The van der Waals surface area contributed by atoms with E-state index in [1.165, 1.54) is 6.08 Å². The van der Waals surface area contributed by atoms with Gasteiger partial charge in [-0.2, -0.15) is 0 Å². The number of rotatable bonds is 16. The van der Waals surface area contributed by atoms with Gasteiger partial charge in [0.05, 0.1) is 19.8 Å². The molecule has 0 aromatic heterocycles. The van der Waals surface area contributed by atoms with Gasteiger partial charge in [0, 0.05) is 12.0 Å². The Hall–Kier alpha value is -2.06. The first-order chi connectivity index (χ1) is 17.9. The molecule has 0 bridgehead atoms. The maximum absolute atomic E-state index is 13.0. The van der Waals surface area contributed by atoms with E-state index in [2.05, 4.69) is 41.5 Å². The number of esters is 1. The van der Waals surface area contributed by atoms with Crippen LogP contribution in [0.3, 0.4) is 0 Å². The van der Waals surface area contributed by atoms with Crippen molar-refractivity contribution in [3.8, 4) is 0 Å². The molecular formula is C31H48O6Si. The van der Waals surface area contributed by atoms with Crippen molar-refractivity contribution in [3.63, 3.8) is 0 Å². The van der Waals surface area contributed by atoms with E-state index in [0.717, 1.165) is 11.8 Å². The Kier molecular flexibility index (Phi) is 12.1. The van der Waals surface area contributed by atoms with Crippen LogP contribution in [0.25, 0.3) is 0 Å². The van der Waals surface area contributed by atoms with Crippen molar-refractivity contribution in [2.24, 2.45) is 5.41 Å². The van der Waals surface area contributed by atoms with E-state index in [4.69, 9.17) is 18.6 Å². The highest BCUT2D eigenvalue weighted by Crippen LogP contribution is 2.44. The van der Waals surface area contributed by atoms with Crippen LogP contribution in [0.1, 0.15) is 73.8 Å². The third-order valence-electron chi connectivity index (χ3n) is 7.52. The zero-order valence-electron chi connectivity index (χ0n) is 24.6. The predicted molar refractivity (Wildman–Crippen MR) is 154 cm³/mol. The minimum atomic E-state index is -2.19. The number of hydrogen-bond donors (Lipinski definition) is 0. The quantitative estimate of drug-likeness (QED) is 0.0549. The Morgan fingerprint density at radius 3 is 2.21 bits per heavy atom. The number of hydrogen-bond acceptors (Lipinski definition) is 6. The minimum absolute atomic E-state index is 0.0951. The summed E-state index contributed by atoms with van der Waals surface area (Å²) in [6.45, 7) is 18.6. The van der Waals surface area contributed by atoms with Crippen LogP contribution in [0, 0.1) is 5.41 Å². The summed E-state index contributed by atoms with van der Waals surface area (Å²) in [7, 11) is -2.19. The largest absolute Gasteiger partial charge is 0.450 e. The molecule has 38 heavy (non-hydrogen) atoms. The number of carbonyl (C=O) groups is 2. The number of benzene rings is 1. The van der Waals surface area contributed by atoms with Crippen molar-refractivity contribution in [3.05, 3.63) is 59.7 Å². The Balaban J connectivity index is 2.19. The Morgan fingerprint density at radius 2 is 1.63 bits per heavy atom. The average molecular weight is 545 g/mol. The molecule has 0 spiro atoms. The van der Waals surface area contributed by atoms with Crippen LogP contribution in [0.2, 0.25) is 16.6 Å².